The number of hydrogen-bond acceptors (Lipinski definition) is 4. The lowest BCUT2D eigenvalue weighted by Crippen LogP contribution is -2.37. The largest absolute Gasteiger partial charge is 0.346 e. The van der Waals surface area contributed by atoms with Crippen LogP contribution in [0.1, 0.15) is 16.9 Å². The maximum atomic E-state index is 12.0. The third-order valence-corrected chi connectivity index (χ3v) is 3.36. The Morgan fingerprint density at radius 1 is 1.33 bits per heavy atom. The van der Waals surface area contributed by atoms with E-state index < -0.39 is 0 Å². The van der Waals surface area contributed by atoms with Gasteiger partial charge in [-0.05, 0) is 12.1 Å². The van der Waals surface area contributed by atoms with E-state index in [0.717, 1.165) is 5.69 Å². The van der Waals surface area contributed by atoms with Gasteiger partial charge in [0, 0.05) is 25.7 Å². The monoisotopic (exact) mass is 285 g/mol. The smallest absolute Gasteiger partial charge is 0.273 e. The number of para-hydroxylation sites is 1. The number of rotatable bonds is 3. The number of aryl methyl sites for hydroxylation is 1. The summed E-state index contributed by atoms with van der Waals surface area (Å²) in [5, 5.41) is 10.3. The molecule has 0 bridgehead atoms. The minimum atomic E-state index is -0.309. The van der Waals surface area contributed by atoms with Crippen molar-refractivity contribution in [3.8, 4) is 0 Å². The van der Waals surface area contributed by atoms with Crippen molar-refractivity contribution < 1.29 is 9.59 Å². The second-order valence-corrected chi connectivity index (χ2v) is 4.99. The molecule has 0 aliphatic carbocycles. The zero-order chi connectivity index (χ0) is 14.8. The molecule has 7 nitrogen and oxygen atoms in total. The van der Waals surface area contributed by atoms with Crippen molar-refractivity contribution in [3.63, 3.8) is 0 Å². The predicted molar refractivity (Wildman–Crippen MR) is 75.7 cm³/mol. The summed E-state index contributed by atoms with van der Waals surface area (Å²) in [7, 11) is 1.69. The van der Waals surface area contributed by atoms with E-state index in [1.54, 1.807) is 18.1 Å². The van der Waals surface area contributed by atoms with Gasteiger partial charge in [-0.1, -0.05) is 23.4 Å². The molecule has 1 fully saturated rings. The number of nitrogens with zero attached hydrogens (tertiary/aromatic N) is 4. The lowest BCUT2D eigenvalue weighted by molar-refractivity contribution is -0.117. The standard InChI is InChI=1S/C14H15N5O2/c1-18-9-12(16-17-18)14(21)15-10-7-13(20)19(8-10)11-5-3-2-4-6-11/h2-6,9-10H,7-8H2,1H3,(H,15,21). The molecular weight excluding hydrogens is 270 g/mol. The third-order valence-electron chi connectivity index (χ3n) is 3.36. The Hall–Kier alpha value is -2.70. The van der Waals surface area contributed by atoms with Crippen LogP contribution < -0.4 is 10.2 Å². The molecule has 0 radical (unpaired) electrons. The van der Waals surface area contributed by atoms with Gasteiger partial charge in [0.25, 0.3) is 5.91 Å². The van der Waals surface area contributed by atoms with Crippen LogP contribution in [0.15, 0.2) is 36.5 Å². The van der Waals surface area contributed by atoms with Crippen molar-refractivity contribution in [2.24, 2.45) is 7.05 Å². The van der Waals surface area contributed by atoms with Crippen molar-refractivity contribution in [1.82, 2.24) is 20.3 Å². The summed E-state index contributed by atoms with van der Waals surface area (Å²) >= 11 is 0. The van der Waals surface area contributed by atoms with Crippen LogP contribution >= 0.6 is 0 Å². The first-order valence-corrected chi connectivity index (χ1v) is 6.66. The molecule has 1 aliphatic heterocycles. The second-order valence-electron chi connectivity index (χ2n) is 4.99. The van der Waals surface area contributed by atoms with Crippen molar-refractivity contribution in [3.05, 3.63) is 42.2 Å². The molecule has 2 aromatic rings. The Morgan fingerprint density at radius 3 is 2.76 bits per heavy atom. The van der Waals surface area contributed by atoms with Crippen LogP contribution in [0, 0.1) is 0 Å². The number of anilines is 1. The number of nitrogens with one attached hydrogen (secondary N) is 1. The number of carbonyl (C=O) groups excluding carboxylic acids is 2. The van der Waals surface area contributed by atoms with Gasteiger partial charge in [-0.15, -0.1) is 5.10 Å². The molecule has 1 aromatic carbocycles. The van der Waals surface area contributed by atoms with Crippen LogP contribution in [0.25, 0.3) is 0 Å². The fourth-order valence-corrected chi connectivity index (χ4v) is 2.37. The van der Waals surface area contributed by atoms with E-state index in [0.29, 0.717) is 13.0 Å². The van der Waals surface area contributed by atoms with Gasteiger partial charge in [-0.3, -0.25) is 14.3 Å². The molecule has 7 heteroatoms. The normalized spacial score (nSPS) is 18.0. The molecule has 108 valence electrons. The molecule has 1 aromatic heterocycles. The molecule has 1 aliphatic rings. The molecule has 2 amide bonds. The maximum Gasteiger partial charge on any atom is 0.273 e. The predicted octanol–water partition coefficient (Wildman–Crippen LogP) is 0.350. The molecule has 0 spiro atoms. The van der Waals surface area contributed by atoms with Crippen LogP contribution in [-0.2, 0) is 11.8 Å². The van der Waals surface area contributed by atoms with Crippen LogP contribution in [0.4, 0.5) is 5.69 Å². The van der Waals surface area contributed by atoms with Crippen molar-refractivity contribution in [2.75, 3.05) is 11.4 Å². The number of amides is 2. The van der Waals surface area contributed by atoms with E-state index in [9.17, 15) is 9.59 Å². The lowest BCUT2D eigenvalue weighted by atomic mass is 10.2. The van der Waals surface area contributed by atoms with Gasteiger partial charge >= 0.3 is 0 Å². The van der Waals surface area contributed by atoms with Crippen LogP contribution in [0.2, 0.25) is 0 Å². The lowest BCUT2D eigenvalue weighted by Gasteiger charge is -2.16. The number of carbonyl (C=O) groups is 2. The van der Waals surface area contributed by atoms with Crippen LogP contribution in [0.3, 0.4) is 0 Å². The van der Waals surface area contributed by atoms with Crippen molar-refractivity contribution in [1.29, 1.82) is 0 Å². The minimum Gasteiger partial charge on any atom is -0.346 e. The van der Waals surface area contributed by atoms with Gasteiger partial charge in [0.05, 0.1) is 12.2 Å². The third kappa shape index (κ3) is 2.76. The Kier molecular flexibility index (Phi) is 3.39. The summed E-state index contributed by atoms with van der Waals surface area (Å²) in [4.78, 5) is 25.7. The quantitative estimate of drug-likeness (QED) is 0.882. The molecule has 1 unspecified atom stereocenters. The molecule has 2 heterocycles. The number of benzene rings is 1. The zero-order valence-electron chi connectivity index (χ0n) is 11.6. The maximum absolute atomic E-state index is 12.0. The molecule has 0 saturated carbocycles. The van der Waals surface area contributed by atoms with Crippen LogP contribution in [0.5, 0.6) is 0 Å². The van der Waals surface area contributed by atoms with E-state index in [-0.39, 0.29) is 23.6 Å². The summed E-state index contributed by atoms with van der Waals surface area (Å²) in [5.41, 5.74) is 1.10. The average molecular weight is 285 g/mol. The average Bonchev–Trinajstić information content (AvgIpc) is 3.06. The van der Waals surface area contributed by atoms with Gasteiger partial charge in [-0.2, -0.15) is 0 Å². The zero-order valence-corrected chi connectivity index (χ0v) is 11.6. The van der Waals surface area contributed by atoms with E-state index >= 15 is 0 Å². The SMILES string of the molecule is Cn1cc(C(=O)NC2CC(=O)N(c3ccccc3)C2)nn1. The van der Waals surface area contributed by atoms with Gasteiger partial charge in [0.2, 0.25) is 5.91 Å². The first-order chi connectivity index (χ1) is 10.1. The molecule has 1 atom stereocenters. The highest BCUT2D eigenvalue weighted by molar-refractivity contribution is 5.98. The van der Waals surface area contributed by atoms with E-state index in [2.05, 4.69) is 15.6 Å². The second kappa shape index (κ2) is 5.35. The van der Waals surface area contributed by atoms with Crippen molar-refractivity contribution >= 4 is 17.5 Å². The Balaban J connectivity index is 1.66. The minimum absolute atomic E-state index is 0.00523. The number of hydrogen-bond donors (Lipinski definition) is 1. The Bertz CT molecular complexity index is 667. The first kappa shape index (κ1) is 13.3. The Morgan fingerprint density at radius 2 is 2.10 bits per heavy atom. The van der Waals surface area contributed by atoms with Gasteiger partial charge in [0.15, 0.2) is 5.69 Å². The van der Waals surface area contributed by atoms with E-state index in [1.807, 2.05) is 30.3 Å². The summed E-state index contributed by atoms with van der Waals surface area (Å²) in [5.74, 6) is -0.304. The highest BCUT2D eigenvalue weighted by atomic mass is 16.2. The Labute approximate surface area is 121 Å². The molecular formula is C14H15N5O2. The van der Waals surface area contributed by atoms with Crippen LogP contribution in [-0.4, -0.2) is 39.4 Å². The topological polar surface area (TPSA) is 80.1 Å². The first-order valence-electron chi connectivity index (χ1n) is 6.66. The summed E-state index contributed by atoms with van der Waals surface area (Å²) < 4.78 is 1.46. The summed E-state index contributed by atoms with van der Waals surface area (Å²) in [6.07, 6.45) is 1.84. The molecule has 1 saturated heterocycles. The summed E-state index contributed by atoms with van der Waals surface area (Å²) in [6.45, 7) is 0.467. The van der Waals surface area contributed by atoms with E-state index in [1.165, 1.54) is 4.68 Å². The van der Waals surface area contributed by atoms with Gasteiger partial charge in [-0.25, -0.2) is 0 Å². The highest BCUT2D eigenvalue weighted by Crippen LogP contribution is 2.21. The van der Waals surface area contributed by atoms with Gasteiger partial charge < -0.3 is 10.2 Å². The fraction of sp³-hybridized carbons (Fsp3) is 0.286. The molecule has 3 rings (SSSR count). The molecule has 1 N–H and O–H groups in total. The number of aromatic nitrogens is 3. The molecule has 21 heavy (non-hydrogen) atoms. The van der Waals surface area contributed by atoms with Gasteiger partial charge in [0.1, 0.15) is 0 Å². The fourth-order valence-electron chi connectivity index (χ4n) is 2.37. The van der Waals surface area contributed by atoms with Crippen molar-refractivity contribution in [2.45, 2.75) is 12.5 Å². The highest BCUT2D eigenvalue weighted by Gasteiger charge is 2.32. The summed E-state index contributed by atoms with van der Waals surface area (Å²) in [6, 6.07) is 9.21. The van der Waals surface area contributed by atoms with E-state index in [4.69, 9.17) is 0 Å².